The van der Waals surface area contributed by atoms with Gasteiger partial charge in [-0.2, -0.15) is 5.10 Å². The van der Waals surface area contributed by atoms with Gasteiger partial charge in [0.05, 0.1) is 11.3 Å². The van der Waals surface area contributed by atoms with E-state index in [1.54, 1.807) is 28.8 Å². The van der Waals surface area contributed by atoms with E-state index in [1.807, 2.05) is 0 Å². The van der Waals surface area contributed by atoms with Crippen molar-refractivity contribution in [1.82, 2.24) is 20.1 Å². The van der Waals surface area contributed by atoms with E-state index in [9.17, 15) is 14.4 Å². The van der Waals surface area contributed by atoms with Gasteiger partial charge in [0, 0.05) is 19.0 Å². The van der Waals surface area contributed by atoms with Crippen LogP contribution in [0, 0.1) is 0 Å². The van der Waals surface area contributed by atoms with E-state index in [1.165, 1.54) is 0 Å². The topological polar surface area (TPSA) is 109 Å². The van der Waals surface area contributed by atoms with Gasteiger partial charge in [0.2, 0.25) is 5.91 Å². The molecule has 0 saturated carbocycles. The molecule has 1 atom stereocenters. The Kier molecular flexibility index (Phi) is 4.28. The highest BCUT2D eigenvalue weighted by molar-refractivity contribution is 6.06. The highest BCUT2D eigenvalue weighted by atomic mass is 16.2. The van der Waals surface area contributed by atoms with Gasteiger partial charge in [-0.25, -0.2) is 9.89 Å². The summed E-state index contributed by atoms with van der Waals surface area (Å²) in [6, 6.07) is 6.64. The molecule has 2 aromatic rings. The molecule has 124 valence electrons. The van der Waals surface area contributed by atoms with E-state index in [-0.39, 0.29) is 23.5 Å². The second-order valence-electron chi connectivity index (χ2n) is 5.50. The minimum absolute atomic E-state index is 0.122. The van der Waals surface area contributed by atoms with Crippen LogP contribution in [0.2, 0.25) is 0 Å². The number of rotatable bonds is 4. The number of hydrogen-bond acceptors (Lipinski definition) is 4. The van der Waals surface area contributed by atoms with Gasteiger partial charge in [-0.05, 0) is 24.6 Å². The predicted octanol–water partition coefficient (Wildman–Crippen LogP) is 0.441. The molecule has 1 aliphatic rings. The van der Waals surface area contributed by atoms with Crippen LogP contribution < -0.4 is 16.3 Å². The zero-order chi connectivity index (χ0) is 17.1. The smallest absolute Gasteiger partial charge is 0.343 e. The Morgan fingerprint density at radius 1 is 1.38 bits per heavy atom. The summed E-state index contributed by atoms with van der Waals surface area (Å²) in [5.41, 5.74) is 0.567. The van der Waals surface area contributed by atoms with Gasteiger partial charge >= 0.3 is 5.69 Å². The third kappa shape index (κ3) is 3.12. The summed E-state index contributed by atoms with van der Waals surface area (Å²) in [5, 5.41) is 11.9. The minimum Gasteiger partial charge on any atom is -0.349 e. The number of H-pyrrole nitrogens is 1. The van der Waals surface area contributed by atoms with Crippen LogP contribution in [0.3, 0.4) is 0 Å². The molecule has 2 heterocycles. The zero-order valence-corrected chi connectivity index (χ0v) is 12.9. The summed E-state index contributed by atoms with van der Waals surface area (Å²) in [7, 11) is 0. The lowest BCUT2D eigenvalue weighted by molar-refractivity contribution is -0.111. The van der Waals surface area contributed by atoms with Crippen molar-refractivity contribution in [3.8, 4) is 0 Å². The van der Waals surface area contributed by atoms with E-state index in [0.29, 0.717) is 36.5 Å². The first-order valence-corrected chi connectivity index (χ1v) is 7.56. The number of nitrogens with one attached hydrogen (secondary N) is 3. The number of aromatic amines is 1. The Hall–Kier alpha value is -3.16. The zero-order valence-electron chi connectivity index (χ0n) is 12.9. The number of amides is 2. The van der Waals surface area contributed by atoms with Gasteiger partial charge in [-0.15, -0.1) is 0 Å². The second kappa shape index (κ2) is 6.53. The first-order valence-electron chi connectivity index (χ1n) is 7.56. The fraction of sp³-hybridized carbons (Fsp3) is 0.250. The molecule has 8 nitrogen and oxygen atoms in total. The number of fused-ring (bicyclic) bond motifs is 1. The summed E-state index contributed by atoms with van der Waals surface area (Å²) < 4.78 is 1.57. The quantitative estimate of drug-likeness (QED) is 0.708. The maximum atomic E-state index is 12.5. The molecule has 1 aromatic heterocycles. The number of carbonyl (C=O) groups excluding carboxylic acids is 2. The summed E-state index contributed by atoms with van der Waals surface area (Å²) in [4.78, 5) is 35.5. The number of aromatic nitrogens is 3. The summed E-state index contributed by atoms with van der Waals surface area (Å²) in [6.07, 6.45) is 2.26. The van der Waals surface area contributed by atoms with Crippen LogP contribution in [-0.2, 0) is 17.8 Å². The van der Waals surface area contributed by atoms with E-state index in [0.717, 1.165) is 6.08 Å². The van der Waals surface area contributed by atoms with E-state index >= 15 is 0 Å². The van der Waals surface area contributed by atoms with Crippen LogP contribution in [0.5, 0.6) is 0 Å². The fourth-order valence-electron chi connectivity index (χ4n) is 2.70. The number of hydrogen-bond donors (Lipinski definition) is 3. The average Bonchev–Trinajstić information content (AvgIpc) is 2.95. The average molecular weight is 327 g/mol. The molecule has 3 rings (SSSR count). The first kappa shape index (κ1) is 15.7. The lowest BCUT2D eigenvalue weighted by Crippen LogP contribution is -2.41. The normalized spacial score (nSPS) is 16.1. The Balaban J connectivity index is 1.73. The molecule has 1 aliphatic heterocycles. The Morgan fingerprint density at radius 3 is 2.96 bits per heavy atom. The maximum absolute atomic E-state index is 12.5. The van der Waals surface area contributed by atoms with Gasteiger partial charge in [-0.3, -0.25) is 14.2 Å². The van der Waals surface area contributed by atoms with Crippen LogP contribution >= 0.6 is 0 Å². The van der Waals surface area contributed by atoms with Gasteiger partial charge in [0.15, 0.2) is 0 Å². The monoisotopic (exact) mass is 327 g/mol. The van der Waals surface area contributed by atoms with Gasteiger partial charge in [0.1, 0.15) is 5.82 Å². The molecular formula is C16H17N5O3. The number of carbonyl (C=O) groups is 2. The molecular weight excluding hydrogens is 310 g/mol. The van der Waals surface area contributed by atoms with Crippen molar-refractivity contribution in [1.29, 1.82) is 0 Å². The fourth-order valence-corrected chi connectivity index (χ4v) is 2.70. The number of para-hydroxylation sites is 1. The van der Waals surface area contributed by atoms with Crippen LogP contribution in [0.25, 0.3) is 0 Å². The molecule has 1 aromatic carbocycles. The van der Waals surface area contributed by atoms with E-state index < -0.39 is 0 Å². The van der Waals surface area contributed by atoms with Crippen LogP contribution in [0.1, 0.15) is 22.6 Å². The maximum Gasteiger partial charge on any atom is 0.343 e. The van der Waals surface area contributed by atoms with Crippen molar-refractivity contribution in [2.45, 2.75) is 25.4 Å². The third-order valence-electron chi connectivity index (χ3n) is 3.92. The van der Waals surface area contributed by atoms with Gasteiger partial charge < -0.3 is 10.6 Å². The highest BCUT2D eigenvalue weighted by Gasteiger charge is 2.24. The lowest BCUT2D eigenvalue weighted by atomic mass is 10.0. The largest absolute Gasteiger partial charge is 0.349 e. The Bertz CT molecular complexity index is 851. The van der Waals surface area contributed by atoms with Crippen LogP contribution in [0.4, 0.5) is 5.69 Å². The molecule has 3 N–H and O–H groups in total. The predicted molar refractivity (Wildman–Crippen MR) is 87.7 cm³/mol. The molecule has 0 fully saturated rings. The Morgan fingerprint density at radius 2 is 2.17 bits per heavy atom. The SMILES string of the molecule is C=CC(=O)Nc1ccccc1C(=O)NC1CCn2c(n[nH]c2=O)C1. The molecule has 0 radical (unpaired) electrons. The Labute approximate surface area is 137 Å². The standard InChI is InChI=1S/C16H17N5O3/c1-2-14(22)18-12-6-4-3-5-11(12)15(23)17-10-7-8-21-13(9-10)19-20-16(21)24/h2-6,10H,1,7-9H2,(H,17,23)(H,18,22)(H,20,24). The molecule has 24 heavy (non-hydrogen) atoms. The molecule has 1 unspecified atom stereocenters. The molecule has 0 spiro atoms. The molecule has 0 bridgehead atoms. The number of benzene rings is 1. The van der Waals surface area contributed by atoms with Crippen molar-refractivity contribution in [2.75, 3.05) is 5.32 Å². The van der Waals surface area contributed by atoms with Crippen molar-refractivity contribution < 1.29 is 9.59 Å². The molecule has 0 aliphatic carbocycles. The molecule has 2 amide bonds. The summed E-state index contributed by atoms with van der Waals surface area (Å²) in [5.74, 6) is -0.0375. The third-order valence-corrected chi connectivity index (χ3v) is 3.92. The number of anilines is 1. The first-order chi connectivity index (χ1) is 11.6. The van der Waals surface area contributed by atoms with E-state index in [2.05, 4.69) is 27.4 Å². The second-order valence-corrected chi connectivity index (χ2v) is 5.50. The highest BCUT2D eigenvalue weighted by Crippen LogP contribution is 2.17. The molecule has 8 heteroatoms. The van der Waals surface area contributed by atoms with Crippen molar-refractivity contribution in [3.63, 3.8) is 0 Å². The van der Waals surface area contributed by atoms with Crippen molar-refractivity contribution in [3.05, 3.63) is 58.8 Å². The lowest BCUT2D eigenvalue weighted by Gasteiger charge is -2.23. The minimum atomic E-state index is -0.381. The van der Waals surface area contributed by atoms with Crippen molar-refractivity contribution >= 4 is 17.5 Å². The molecule has 0 saturated heterocycles. The van der Waals surface area contributed by atoms with Gasteiger partial charge in [-0.1, -0.05) is 18.7 Å². The van der Waals surface area contributed by atoms with Gasteiger partial charge in [0.25, 0.3) is 5.91 Å². The van der Waals surface area contributed by atoms with Crippen LogP contribution in [0.15, 0.2) is 41.7 Å². The van der Waals surface area contributed by atoms with Crippen LogP contribution in [-0.4, -0.2) is 32.6 Å². The number of nitrogens with zero attached hydrogens (tertiary/aromatic N) is 2. The summed E-state index contributed by atoms with van der Waals surface area (Å²) >= 11 is 0. The van der Waals surface area contributed by atoms with E-state index in [4.69, 9.17) is 0 Å². The summed E-state index contributed by atoms with van der Waals surface area (Å²) in [6.45, 7) is 3.90. The van der Waals surface area contributed by atoms with Crippen molar-refractivity contribution in [2.24, 2.45) is 0 Å².